The van der Waals surface area contributed by atoms with Crippen LogP contribution in [0.15, 0.2) is 0 Å². The first-order valence-corrected chi connectivity index (χ1v) is 6.65. The van der Waals surface area contributed by atoms with Crippen LogP contribution < -0.4 is 5.32 Å². The molecule has 19 heavy (non-hydrogen) atoms. The maximum Gasteiger partial charge on any atom is 0.306 e. The van der Waals surface area contributed by atoms with E-state index in [-0.39, 0.29) is 30.7 Å². The van der Waals surface area contributed by atoms with Crippen molar-refractivity contribution in [3.63, 3.8) is 0 Å². The molecule has 0 aliphatic carbocycles. The Kier molecular flexibility index (Phi) is 5.37. The summed E-state index contributed by atoms with van der Waals surface area (Å²) in [6.45, 7) is 1.86. The van der Waals surface area contributed by atoms with Crippen LogP contribution in [0.1, 0.15) is 26.2 Å². The van der Waals surface area contributed by atoms with Gasteiger partial charge < -0.3 is 14.8 Å². The smallest absolute Gasteiger partial charge is 0.306 e. The summed E-state index contributed by atoms with van der Waals surface area (Å²) in [6, 6.07) is 0. The van der Waals surface area contributed by atoms with Gasteiger partial charge in [-0.25, -0.2) is 0 Å². The molecule has 1 N–H and O–H groups in total. The third-order valence-corrected chi connectivity index (χ3v) is 4.40. The van der Waals surface area contributed by atoms with E-state index in [1.54, 1.807) is 0 Å². The second-order valence-corrected chi connectivity index (χ2v) is 5.50. The number of thiocarbonyl (C=S) groups is 2. The lowest BCUT2D eigenvalue weighted by molar-refractivity contribution is -0.142. The van der Waals surface area contributed by atoms with Gasteiger partial charge in [-0.1, -0.05) is 31.4 Å². The Morgan fingerprint density at radius 3 is 2.37 bits per heavy atom. The molecule has 0 radical (unpaired) electrons. The molecule has 7 heteroatoms. The van der Waals surface area contributed by atoms with Crippen molar-refractivity contribution in [3.8, 4) is 0 Å². The number of carbonyl (C=O) groups excluding carboxylic acids is 2. The van der Waals surface area contributed by atoms with Crippen LogP contribution in [0.4, 0.5) is 0 Å². The van der Waals surface area contributed by atoms with Crippen molar-refractivity contribution in [1.82, 2.24) is 5.32 Å². The van der Waals surface area contributed by atoms with Gasteiger partial charge >= 0.3 is 11.9 Å². The molecule has 0 aromatic rings. The fourth-order valence-electron chi connectivity index (χ4n) is 2.18. The van der Waals surface area contributed by atoms with Crippen molar-refractivity contribution < 1.29 is 19.1 Å². The van der Waals surface area contributed by atoms with Gasteiger partial charge in [-0.15, -0.1) is 0 Å². The monoisotopic (exact) mass is 303 g/mol. The second kappa shape index (κ2) is 6.38. The van der Waals surface area contributed by atoms with Gasteiger partial charge in [-0.3, -0.25) is 9.59 Å². The predicted molar refractivity (Wildman–Crippen MR) is 77.8 cm³/mol. The number of ether oxygens (including phenoxy) is 2. The second-order valence-electron chi connectivity index (χ2n) is 4.66. The predicted octanol–water partition coefficient (Wildman–Crippen LogP) is 1.38. The summed E-state index contributed by atoms with van der Waals surface area (Å²) < 4.78 is 9.31. The van der Waals surface area contributed by atoms with Gasteiger partial charge in [0.15, 0.2) is 0 Å². The van der Waals surface area contributed by atoms with Crippen molar-refractivity contribution in [2.24, 2.45) is 11.3 Å². The Labute approximate surface area is 123 Å². The van der Waals surface area contributed by atoms with Crippen LogP contribution in [0, 0.1) is 11.3 Å². The topological polar surface area (TPSA) is 64.6 Å². The van der Waals surface area contributed by atoms with Crippen LogP contribution in [0.2, 0.25) is 0 Å². The summed E-state index contributed by atoms with van der Waals surface area (Å²) in [7, 11) is 2.67. The highest BCUT2D eigenvalue weighted by Gasteiger charge is 2.48. The maximum atomic E-state index is 11.5. The molecule has 1 aliphatic heterocycles. The minimum Gasteiger partial charge on any atom is -0.469 e. The summed E-state index contributed by atoms with van der Waals surface area (Å²) in [5.74, 6) is -0.811. The number of rotatable bonds is 5. The molecule has 1 rings (SSSR count). The van der Waals surface area contributed by atoms with Gasteiger partial charge in [0.1, 0.15) is 0 Å². The van der Waals surface area contributed by atoms with Crippen LogP contribution in [-0.2, 0) is 19.1 Å². The zero-order valence-corrected chi connectivity index (χ0v) is 12.8. The molecule has 106 valence electrons. The highest BCUT2D eigenvalue weighted by molar-refractivity contribution is 7.82. The lowest BCUT2D eigenvalue weighted by atomic mass is 9.75. The average Bonchev–Trinajstić information content (AvgIpc) is 2.57. The molecule has 0 bridgehead atoms. The van der Waals surface area contributed by atoms with Gasteiger partial charge in [0.25, 0.3) is 0 Å². The Bertz CT molecular complexity index is 424. The van der Waals surface area contributed by atoms with Crippen molar-refractivity contribution >= 4 is 46.4 Å². The maximum absolute atomic E-state index is 11.5. The van der Waals surface area contributed by atoms with E-state index in [0.29, 0.717) is 16.4 Å². The summed E-state index contributed by atoms with van der Waals surface area (Å²) >= 11 is 10.5. The third kappa shape index (κ3) is 3.48. The van der Waals surface area contributed by atoms with Gasteiger partial charge in [-0.2, -0.15) is 0 Å². The van der Waals surface area contributed by atoms with Crippen LogP contribution in [0.3, 0.4) is 0 Å². The molecular weight excluding hydrogens is 286 g/mol. The Hall–Kier alpha value is -1.08. The molecule has 1 heterocycles. The number of nitrogens with one attached hydrogen (secondary N) is 1. The van der Waals surface area contributed by atoms with Gasteiger partial charge in [-0.05, 0) is 6.42 Å². The number of methoxy groups -OCH3 is 2. The first kappa shape index (κ1) is 16.0. The number of hydrogen-bond acceptors (Lipinski definition) is 6. The Morgan fingerprint density at radius 2 is 1.84 bits per heavy atom. The van der Waals surface area contributed by atoms with Gasteiger partial charge in [0, 0.05) is 17.8 Å². The standard InChI is InChI=1S/C12H17NO4S2/c1-12(6-9(15)17-3)7(4-5-8(14)16-2)10(18)13-11(12)19/h7H,4-6H2,1-3H3,(H,13,18,19). The minimum atomic E-state index is -0.604. The van der Waals surface area contributed by atoms with Gasteiger partial charge in [0.05, 0.1) is 30.6 Å². The van der Waals surface area contributed by atoms with E-state index in [9.17, 15) is 9.59 Å². The zero-order chi connectivity index (χ0) is 14.6. The zero-order valence-electron chi connectivity index (χ0n) is 11.1. The summed E-state index contributed by atoms with van der Waals surface area (Å²) in [5, 5.41) is 2.93. The lowest BCUT2D eigenvalue weighted by Gasteiger charge is -2.28. The molecule has 1 fully saturated rings. The van der Waals surface area contributed by atoms with Crippen molar-refractivity contribution in [3.05, 3.63) is 0 Å². The van der Waals surface area contributed by atoms with Crippen molar-refractivity contribution in [1.29, 1.82) is 0 Å². The Morgan fingerprint density at radius 1 is 1.26 bits per heavy atom. The molecule has 2 atom stereocenters. The SMILES string of the molecule is COC(=O)CCC1C(=S)NC(=S)C1(C)CC(=O)OC. The van der Waals surface area contributed by atoms with Crippen molar-refractivity contribution in [2.75, 3.05) is 14.2 Å². The summed E-state index contributed by atoms with van der Waals surface area (Å²) in [5.41, 5.74) is -0.604. The molecule has 1 aliphatic rings. The highest BCUT2D eigenvalue weighted by atomic mass is 32.1. The first-order valence-electron chi connectivity index (χ1n) is 5.84. The van der Waals surface area contributed by atoms with Crippen LogP contribution in [-0.4, -0.2) is 36.1 Å². The van der Waals surface area contributed by atoms with Gasteiger partial charge in [0.2, 0.25) is 0 Å². The molecule has 2 unspecified atom stereocenters. The van der Waals surface area contributed by atoms with E-state index in [0.717, 1.165) is 0 Å². The average molecular weight is 303 g/mol. The summed E-state index contributed by atoms with van der Waals surface area (Å²) in [6.07, 6.45) is 0.871. The van der Waals surface area contributed by atoms with E-state index in [2.05, 4.69) is 10.1 Å². The van der Waals surface area contributed by atoms with E-state index >= 15 is 0 Å². The lowest BCUT2D eigenvalue weighted by Crippen LogP contribution is -2.34. The first-order chi connectivity index (χ1) is 8.85. The molecule has 1 saturated heterocycles. The number of carbonyl (C=O) groups is 2. The van der Waals surface area contributed by atoms with E-state index in [4.69, 9.17) is 29.2 Å². The molecule has 5 nitrogen and oxygen atoms in total. The number of esters is 2. The highest BCUT2D eigenvalue weighted by Crippen LogP contribution is 2.41. The van der Waals surface area contributed by atoms with E-state index < -0.39 is 5.41 Å². The quantitative estimate of drug-likeness (QED) is 0.608. The Balaban J connectivity index is 2.84. The molecule has 0 aromatic carbocycles. The van der Waals surface area contributed by atoms with Crippen LogP contribution in [0.25, 0.3) is 0 Å². The van der Waals surface area contributed by atoms with Crippen LogP contribution in [0.5, 0.6) is 0 Å². The third-order valence-electron chi connectivity index (χ3n) is 3.45. The largest absolute Gasteiger partial charge is 0.469 e. The molecular formula is C12H17NO4S2. The fraction of sp³-hybridized carbons (Fsp3) is 0.667. The minimum absolute atomic E-state index is 0.140. The number of hydrogen-bond donors (Lipinski definition) is 1. The molecule has 0 aromatic heterocycles. The molecule has 0 spiro atoms. The van der Waals surface area contributed by atoms with E-state index in [1.165, 1.54) is 14.2 Å². The van der Waals surface area contributed by atoms with Crippen molar-refractivity contribution in [2.45, 2.75) is 26.2 Å². The molecule has 0 saturated carbocycles. The molecule has 0 amide bonds. The summed E-state index contributed by atoms with van der Waals surface area (Å²) in [4.78, 5) is 23.9. The normalized spacial score (nSPS) is 25.9. The van der Waals surface area contributed by atoms with Crippen LogP contribution >= 0.6 is 24.4 Å². The fourth-order valence-corrected chi connectivity index (χ4v) is 3.05. The van der Waals surface area contributed by atoms with E-state index in [1.807, 2.05) is 6.92 Å².